The van der Waals surface area contributed by atoms with E-state index in [9.17, 15) is 8.42 Å². The van der Waals surface area contributed by atoms with Gasteiger partial charge in [-0.2, -0.15) is 0 Å². The number of pyridine rings is 1. The molecule has 0 aliphatic rings. The molecule has 0 spiro atoms. The number of nitrogens with zero attached hydrogens (tertiary/aromatic N) is 1. The fourth-order valence-corrected chi connectivity index (χ4v) is 3.70. The van der Waals surface area contributed by atoms with Gasteiger partial charge in [0.25, 0.3) is 10.0 Å². The summed E-state index contributed by atoms with van der Waals surface area (Å²) in [6.45, 7) is 0. The van der Waals surface area contributed by atoms with E-state index in [1.54, 1.807) is 18.3 Å². The van der Waals surface area contributed by atoms with Crippen molar-refractivity contribution in [1.29, 1.82) is 0 Å². The molecular weight excluding hydrogens is 347 g/mol. The average molecular weight is 357 g/mol. The Balaban J connectivity index is 2.04. The monoisotopic (exact) mass is 356 g/mol. The van der Waals surface area contributed by atoms with E-state index in [2.05, 4.69) is 14.7 Å². The Labute approximate surface area is 136 Å². The fraction of sp³-hybridized carbons (Fsp3) is 0. The third-order valence-corrected chi connectivity index (χ3v) is 5.08. The Bertz CT molecular complexity index is 946. The van der Waals surface area contributed by atoms with Crippen molar-refractivity contribution in [3.63, 3.8) is 0 Å². The highest BCUT2D eigenvalue weighted by Gasteiger charge is 2.20. The summed E-state index contributed by atoms with van der Waals surface area (Å²) >= 11 is 11.8. The maximum atomic E-state index is 12.5. The Kier molecular flexibility index (Phi) is 3.64. The molecule has 2 aromatic heterocycles. The first-order valence-electron chi connectivity index (χ1n) is 6.08. The lowest BCUT2D eigenvalue weighted by Gasteiger charge is -2.09. The number of benzene rings is 1. The maximum absolute atomic E-state index is 12.5. The van der Waals surface area contributed by atoms with Crippen molar-refractivity contribution in [1.82, 2.24) is 9.97 Å². The molecule has 22 heavy (non-hydrogen) atoms. The molecule has 114 valence electrons. The Morgan fingerprint density at radius 1 is 1.23 bits per heavy atom. The number of fused-ring (bicyclic) bond motifs is 1. The van der Waals surface area contributed by atoms with Crippen molar-refractivity contribution in [3.05, 3.63) is 46.7 Å². The van der Waals surface area contributed by atoms with Crippen LogP contribution in [0.2, 0.25) is 10.0 Å². The van der Waals surface area contributed by atoms with Crippen molar-refractivity contribution < 1.29 is 8.42 Å². The number of rotatable bonds is 3. The van der Waals surface area contributed by atoms with Crippen LogP contribution in [0.1, 0.15) is 0 Å². The van der Waals surface area contributed by atoms with Gasteiger partial charge >= 0.3 is 0 Å². The predicted octanol–water partition coefficient (Wildman–Crippen LogP) is 3.25. The molecule has 0 amide bonds. The lowest BCUT2D eigenvalue weighted by atomic mass is 10.3. The Hall–Kier alpha value is -1.96. The molecule has 0 atom stereocenters. The normalized spacial score (nSPS) is 11.7. The van der Waals surface area contributed by atoms with Crippen LogP contribution >= 0.6 is 23.2 Å². The number of H-pyrrole nitrogens is 1. The van der Waals surface area contributed by atoms with Gasteiger partial charge in [-0.1, -0.05) is 23.2 Å². The minimum Gasteiger partial charge on any atom is -0.396 e. The predicted molar refractivity (Wildman–Crippen MR) is 87.8 cm³/mol. The van der Waals surface area contributed by atoms with E-state index in [-0.39, 0.29) is 26.3 Å². The average Bonchev–Trinajstić information content (AvgIpc) is 2.89. The number of nitrogens with two attached hydrogens (primary N) is 1. The molecule has 0 unspecified atom stereocenters. The molecule has 3 rings (SSSR count). The number of halogens is 2. The summed E-state index contributed by atoms with van der Waals surface area (Å²) in [4.78, 5) is 6.95. The van der Waals surface area contributed by atoms with Crippen LogP contribution in [0, 0.1) is 0 Å². The van der Waals surface area contributed by atoms with E-state index in [1.807, 2.05) is 0 Å². The zero-order valence-corrected chi connectivity index (χ0v) is 13.3. The Morgan fingerprint density at radius 3 is 2.59 bits per heavy atom. The topological polar surface area (TPSA) is 101 Å². The summed E-state index contributed by atoms with van der Waals surface area (Å²) in [7, 11) is -3.82. The van der Waals surface area contributed by atoms with Gasteiger partial charge in [0.05, 0.1) is 21.4 Å². The standard InChI is InChI=1S/C13H10Cl2N4O2S/c14-9-4-7(5-10(15)12(9)16)19-22(20,21)11-6-18-13-8(11)2-1-3-17-13/h1-6,19H,16H2,(H,17,18). The van der Waals surface area contributed by atoms with E-state index in [0.29, 0.717) is 11.0 Å². The highest BCUT2D eigenvalue weighted by atomic mass is 35.5. The van der Waals surface area contributed by atoms with Crippen molar-refractivity contribution in [2.45, 2.75) is 4.90 Å². The van der Waals surface area contributed by atoms with Gasteiger partial charge in [-0.3, -0.25) is 4.72 Å². The first-order chi connectivity index (χ1) is 10.4. The van der Waals surface area contributed by atoms with Crippen LogP contribution in [0.3, 0.4) is 0 Å². The number of anilines is 2. The summed E-state index contributed by atoms with van der Waals surface area (Å²) in [5, 5.41) is 0.833. The molecule has 9 heteroatoms. The number of nitrogen functional groups attached to an aromatic ring is 1. The van der Waals surface area contributed by atoms with Crippen LogP contribution in [-0.4, -0.2) is 18.4 Å². The smallest absolute Gasteiger partial charge is 0.264 e. The fourth-order valence-electron chi connectivity index (χ4n) is 2.01. The summed E-state index contributed by atoms with van der Waals surface area (Å²) in [5.74, 6) is 0. The molecule has 4 N–H and O–H groups in total. The van der Waals surface area contributed by atoms with E-state index >= 15 is 0 Å². The van der Waals surface area contributed by atoms with Gasteiger partial charge in [0, 0.05) is 17.8 Å². The second-order valence-corrected chi connectivity index (χ2v) is 6.98. The first-order valence-corrected chi connectivity index (χ1v) is 8.32. The zero-order chi connectivity index (χ0) is 15.9. The third-order valence-electron chi connectivity index (χ3n) is 3.03. The highest BCUT2D eigenvalue weighted by Crippen LogP contribution is 2.32. The molecule has 0 aliphatic carbocycles. The van der Waals surface area contributed by atoms with Crippen LogP contribution in [0.5, 0.6) is 0 Å². The number of hydrogen-bond donors (Lipinski definition) is 3. The van der Waals surface area contributed by atoms with Gasteiger partial charge in [0.2, 0.25) is 0 Å². The second kappa shape index (κ2) is 5.35. The lowest BCUT2D eigenvalue weighted by Crippen LogP contribution is -2.12. The first kappa shape index (κ1) is 15.0. The zero-order valence-electron chi connectivity index (χ0n) is 11.0. The van der Waals surface area contributed by atoms with E-state index in [1.165, 1.54) is 18.3 Å². The van der Waals surface area contributed by atoms with E-state index in [4.69, 9.17) is 28.9 Å². The largest absolute Gasteiger partial charge is 0.396 e. The highest BCUT2D eigenvalue weighted by molar-refractivity contribution is 7.93. The van der Waals surface area contributed by atoms with Crippen LogP contribution in [0.25, 0.3) is 11.0 Å². The van der Waals surface area contributed by atoms with Gasteiger partial charge in [0.1, 0.15) is 10.5 Å². The molecule has 0 aliphatic heterocycles. The van der Waals surface area contributed by atoms with Crippen LogP contribution in [0.15, 0.2) is 41.6 Å². The minimum absolute atomic E-state index is 0.0830. The second-order valence-electron chi connectivity index (χ2n) is 4.51. The number of aromatic nitrogens is 2. The quantitative estimate of drug-likeness (QED) is 0.626. The van der Waals surface area contributed by atoms with Gasteiger partial charge in [-0.25, -0.2) is 13.4 Å². The molecule has 0 saturated heterocycles. The van der Waals surface area contributed by atoms with Gasteiger partial charge < -0.3 is 10.7 Å². The van der Waals surface area contributed by atoms with Gasteiger partial charge in [0.15, 0.2) is 0 Å². The molecule has 6 nitrogen and oxygen atoms in total. The van der Waals surface area contributed by atoms with Gasteiger partial charge in [-0.15, -0.1) is 0 Å². The lowest BCUT2D eigenvalue weighted by molar-refractivity contribution is 0.602. The minimum atomic E-state index is -3.82. The molecular formula is C13H10Cl2N4O2S. The number of hydrogen-bond acceptors (Lipinski definition) is 4. The molecule has 3 aromatic rings. The molecule has 2 heterocycles. The third kappa shape index (κ3) is 2.58. The number of sulfonamides is 1. The van der Waals surface area contributed by atoms with Crippen LogP contribution < -0.4 is 10.5 Å². The molecule has 1 aromatic carbocycles. The van der Waals surface area contributed by atoms with Crippen LogP contribution in [0.4, 0.5) is 11.4 Å². The van der Waals surface area contributed by atoms with Gasteiger partial charge in [-0.05, 0) is 24.3 Å². The maximum Gasteiger partial charge on any atom is 0.264 e. The summed E-state index contributed by atoms with van der Waals surface area (Å²) < 4.78 is 27.4. The van der Waals surface area contributed by atoms with E-state index < -0.39 is 10.0 Å². The van der Waals surface area contributed by atoms with Crippen molar-refractivity contribution in [3.8, 4) is 0 Å². The van der Waals surface area contributed by atoms with Crippen LogP contribution in [-0.2, 0) is 10.0 Å². The number of aromatic amines is 1. The summed E-state index contributed by atoms with van der Waals surface area (Å²) in [6, 6.07) is 6.11. The molecule has 0 radical (unpaired) electrons. The number of nitrogens with one attached hydrogen (secondary N) is 2. The molecule has 0 fully saturated rings. The van der Waals surface area contributed by atoms with Crippen molar-refractivity contribution in [2.24, 2.45) is 0 Å². The van der Waals surface area contributed by atoms with Crippen molar-refractivity contribution >= 4 is 55.6 Å². The summed E-state index contributed by atoms with van der Waals surface area (Å²) in [5.41, 5.74) is 6.53. The van der Waals surface area contributed by atoms with E-state index in [0.717, 1.165) is 0 Å². The molecule has 0 bridgehead atoms. The van der Waals surface area contributed by atoms with Crippen molar-refractivity contribution in [2.75, 3.05) is 10.5 Å². The molecule has 0 saturated carbocycles. The SMILES string of the molecule is Nc1c(Cl)cc(NS(=O)(=O)c2c[nH]c3ncccc23)cc1Cl. The Morgan fingerprint density at radius 2 is 1.91 bits per heavy atom. The summed E-state index contributed by atoms with van der Waals surface area (Å²) in [6.07, 6.45) is 2.95.